The van der Waals surface area contributed by atoms with Crippen molar-refractivity contribution in [3.63, 3.8) is 0 Å². The molecule has 0 bridgehead atoms. The van der Waals surface area contributed by atoms with E-state index in [0.29, 0.717) is 11.5 Å². The molecule has 0 atom stereocenters. The molecule has 5 heteroatoms. The molecule has 12 aromatic rings. The normalized spacial score (nSPS) is 11.7. The molecule has 0 saturated heterocycles. The number of hydrogen-bond donors (Lipinski definition) is 0. The summed E-state index contributed by atoms with van der Waals surface area (Å²) in [6.45, 7) is 0. The Labute approximate surface area is 345 Å². The van der Waals surface area contributed by atoms with Gasteiger partial charge in [-0.05, 0) is 101 Å². The second-order valence-electron chi connectivity index (χ2n) is 15.1. The Balaban J connectivity index is 0.921. The van der Waals surface area contributed by atoms with E-state index in [2.05, 4.69) is 163 Å². The van der Waals surface area contributed by atoms with Crippen LogP contribution in [0.1, 0.15) is 0 Å². The number of anilines is 3. The SMILES string of the molecule is c1ccc(-c2cccc(N(c3ccc(-c4ccc5oc6cc7oc(-c8ccccc8)nc7cc6c5c4)cc3)c3ccc(-c4cccc5c4oc4ccccc45)cc3)c2)cc1. The highest BCUT2D eigenvalue weighted by Gasteiger charge is 2.18. The molecule has 3 aromatic heterocycles. The zero-order chi connectivity index (χ0) is 39.6. The Morgan fingerprint density at radius 3 is 1.72 bits per heavy atom. The van der Waals surface area contributed by atoms with E-state index in [4.69, 9.17) is 18.2 Å². The van der Waals surface area contributed by atoms with Gasteiger partial charge in [-0.2, -0.15) is 0 Å². The summed E-state index contributed by atoms with van der Waals surface area (Å²) in [5.41, 5.74) is 15.7. The number of oxazole rings is 1. The lowest BCUT2D eigenvalue weighted by Crippen LogP contribution is -2.10. The maximum absolute atomic E-state index is 6.41. The first-order chi connectivity index (χ1) is 29.7. The average molecular weight is 771 g/mol. The quantitative estimate of drug-likeness (QED) is 0.162. The van der Waals surface area contributed by atoms with Gasteiger partial charge in [0.25, 0.3) is 0 Å². The third-order valence-electron chi connectivity index (χ3n) is 11.5. The van der Waals surface area contributed by atoms with Crippen molar-refractivity contribution in [1.29, 1.82) is 0 Å². The van der Waals surface area contributed by atoms with E-state index in [0.717, 1.165) is 99.8 Å². The lowest BCUT2D eigenvalue weighted by molar-refractivity contribution is 0.617. The lowest BCUT2D eigenvalue weighted by atomic mass is 10.0. The first kappa shape index (κ1) is 33.9. The van der Waals surface area contributed by atoms with Crippen LogP contribution in [0.4, 0.5) is 17.1 Å². The van der Waals surface area contributed by atoms with Crippen molar-refractivity contribution in [2.24, 2.45) is 0 Å². The summed E-state index contributed by atoms with van der Waals surface area (Å²) in [5.74, 6) is 0.598. The summed E-state index contributed by atoms with van der Waals surface area (Å²) in [6.07, 6.45) is 0. The van der Waals surface area contributed by atoms with Crippen LogP contribution in [-0.4, -0.2) is 4.98 Å². The second kappa shape index (κ2) is 13.8. The minimum atomic E-state index is 0.598. The van der Waals surface area contributed by atoms with Gasteiger partial charge in [0.1, 0.15) is 27.8 Å². The number of hydrogen-bond acceptors (Lipinski definition) is 5. The maximum Gasteiger partial charge on any atom is 0.227 e. The molecule has 0 aliphatic carbocycles. The van der Waals surface area contributed by atoms with E-state index in [9.17, 15) is 0 Å². The summed E-state index contributed by atoms with van der Waals surface area (Å²) in [4.78, 5) is 7.14. The van der Waals surface area contributed by atoms with E-state index >= 15 is 0 Å². The number of nitrogens with zero attached hydrogens (tertiary/aromatic N) is 2. The minimum Gasteiger partial charge on any atom is -0.456 e. The first-order valence-electron chi connectivity index (χ1n) is 20.1. The van der Waals surface area contributed by atoms with Gasteiger partial charge in [-0.25, -0.2) is 4.98 Å². The molecule has 0 fully saturated rings. The second-order valence-corrected chi connectivity index (χ2v) is 15.1. The molecular formula is C55H34N2O3. The predicted octanol–water partition coefficient (Wildman–Crippen LogP) is 15.8. The van der Waals surface area contributed by atoms with Crippen LogP contribution in [0.5, 0.6) is 0 Å². The summed E-state index contributed by atoms with van der Waals surface area (Å²) in [5, 5.41) is 4.29. The molecule has 282 valence electrons. The third kappa shape index (κ3) is 5.75. The van der Waals surface area contributed by atoms with Gasteiger partial charge >= 0.3 is 0 Å². The van der Waals surface area contributed by atoms with Crippen molar-refractivity contribution >= 4 is 72.0 Å². The van der Waals surface area contributed by atoms with E-state index in [-0.39, 0.29) is 0 Å². The zero-order valence-electron chi connectivity index (χ0n) is 32.2. The summed E-state index contributed by atoms with van der Waals surface area (Å²) >= 11 is 0. The van der Waals surface area contributed by atoms with Crippen LogP contribution in [0, 0.1) is 0 Å². The Hall–Kier alpha value is -8.15. The Morgan fingerprint density at radius 2 is 0.917 bits per heavy atom. The van der Waals surface area contributed by atoms with Gasteiger partial charge in [0.2, 0.25) is 5.89 Å². The Morgan fingerprint density at radius 1 is 0.317 bits per heavy atom. The largest absolute Gasteiger partial charge is 0.456 e. The van der Waals surface area contributed by atoms with Gasteiger partial charge in [0, 0.05) is 55.8 Å². The number of fused-ring (bicyclic) bond motifs is 7. The average Bonchev–Trinajstić information content (AvgIpc) is 4.02. The fourth-order valence-corrected chi connectivity index (χ4v) is 8.55. The van der Waals surface area contributed by atoms with Gasteiger partial charge in [-0.3, -0.25) is 0 Å². The predicted molar refractivity (Wildman–Crippen MR) is 245 cm³/mol. The van der Waals surface area contributed by atoms with Crippen LogP contribution >= 0.6 is 0 Å². The van der Waals surface area contributed by atoms with Crippen LogP contribution in [-0.2, 0) is 0 Å². The van der Waals surface area contributed by atoms with Crippen LogP contribution in [0.2, 0.25) is 0 Å². The van der Waals surface area contributed by atoms with Gasteiger partial charge in [-0.1, -0.05) is 127 Å². The van der Waals surface area contributed by atoms with Crippen molar-refractivity contribution < 1.29 is 13.3 Å². The smallest absolute Gasteiger partial charge is 0.227 e. The van der Waals surface area contributed by atoms with Crippen molar-refractivity contribution in [1.82, 2.24) is 4.98 Å². The van der Waals surface area contributed by atoms with Crippen LogP contribution < -0.4 is 4.90 Å². The highest BCUT2D eigenvalue weighted by atomic mass is 16.4. The van der Waals surface area contributed by atoms with Crippen molar-refractivity contribution in [2.75, 3.05) is 4.90 Å². The van der Waals surface area contributed by atoms with Crippen molar-refractivity contribution in [3.05, 3.63) is 206 Å². The molecular weight excluding hydrogens is 737 g/mol. The lowest BCUT2D eigenvalue weighted by Gasteiger charge is -2.26. The highest BCUT2D eigenvalue weighted by Crippen LogP contribution is 2.41. The highest BCUT2D eigenvalue weighted by molar-refractivity contribution is 6.11. The van der Waals surface area contributed by atoms with Crippen molar-refractivity contribution in [2.45, 2.75) is 0 Å². The molecule has 0 spiro atoms. The summed E-state index contributed by atoms with van der Waals surface area (Å²) in [7, 11) is 0. The Kier molecular flexibility index (Phi) is 7.78. The molecule has 0 aliphatic rings. The van der Waals surface area contributed by atoms with E-state index in [1.165, 1.54) is 5.56 Å². The van der Waals surface area contributed by atoms with E-state index < -0.39 is 0 Å². The van der Waals surface area contributed by atoms with Crippen LogP contribution in [0.15, 0.2) is 220 Å². The molecule has 0 unspecified atom stereocenters. The number of rotatable bonds is 7. The summed E-state index contributed by atoms with van der Waals surface area (Å²) in [6, 6.07) is 71.9. The molecule has 9 aromatic carbocycles. The molecule has 12 rings (SSSR count). The van der Waals surface area contributed by atoms with Gasteiger partial charge < -0.3 is 18.2 Å². The fraction of sp³-hybridized carbons (Fsp3) is 0. The molecule has 0 aliphatic heterocycles. The maximum atomic E-state index is 6.41. The van der Waals surface area contributed by atoms with Gasteiger partial charge in [0.05, 0.1) is 0 Å². The Bertz CT molecular complexity index is 3530. The van der Waals surface area contributed by atoms with Gasteiger partial charge in [-0.15, -0.1) is 0 Å². The molecule has 0 saturated carbocycles. The number of benzene rings is 9. The van der Waals surface area contributed by atoms with Crippen molar-refractivity contribution in [3.8, 4) is 44.8 Å². The topological polar surface area (TPSA) is 55.6 Å². The standard InChI is InChI=1S/C55H34N2O3/c1-3-11-35(12-4-1)39-15-9-16-43(31-39)57(42-28-23-37(24-29-42)44-18-10-19-46-45-17-7-8-20-50(45)59-54(44)46)41-26-21-36(22-27-41)40-25-30-51-47(32-40)48-33-49-53(34-52(48)58-51)60-55(56-49)38-13-5-2-6-14-38/h1-34H. The molecule has 60 heavy (non-hydrogen) atoms. The fourth-order valence-electron chi connectivity index (χ4n) is 8.55. The molecule has 0 amide bonds. The zero-order valence-corrected chi connectivity index (χ0v) is 32.2. The van der Waals surface area contributed by atoms with E-state index in [1.54, 1.807) is 0 Å². The number of furan rings is 2. The minimum absolute atomic E-state index is 0.598. The first-order valence-corrected chi connectivity index (χ1v) is 20.1. The van der Waals surface area contributed by atoms with Gasteiger partial charge in [0.15, 0.2) is 5.58 Å². The molecule has 0 N–H and O–H groups in total. The van der Waals surface area contributed by atoms with Crippen LogP contribution in [0.3, 0.4) is 0 Å². The van der Waals surface area contributed by atoms with E-state index in [1.807, 2.05) is 48.5 Å². The molecule has 5 nitrogen and oxygen atoms in total. The number of aromatic nitrogens is 1. The summed E-state index contributed by atoms with van der Waals surface area (Å²) < 4.78 is 18.9. The number of para-hydroxylation sites is 2. The monoisotopic (exact) mass is 770 g/mol. The molecule has 3 heterocycles. The third-order valence-corrected chi connectivity index (χ3v) is 11.5. The van der Waals surface area contributed by atoms with Crippen LogP contribution in [0.25, 0.3) is 99.8 Å². The molecule has 0 radical (unpaired) electrons.